The molecule has 0 spiro atoms. The minimum absolute atomic E-state index is 0.481. The third-order valence-corrected chi connectivity index (χ3v) is 6.06. The summed E-state index contributed by atoms with van der Waals surface area (Å²) in [6.07, 6.45) is 9.00. The molecule has 2 fully saturated rings. The molecule has 0 bridgehead atoms. The van der Waals surface area contributed by atoms with Gasteiger partial charge in [-0.1, -0.05) is 0 Å². The first kappa shape index (κ1) is 20.8. The van der Waals surface area contributed by atoms with Crippen LogP contribution >= 0.6 is 15.9 Å². The van der Waals surface area contributed by atoms with Crippen molar-refractivity contribution < 1.29 is 4.74 Å². The number of methoxy groups -OCH3 is 1. The smallest absolute Gasteiger partial charge is 0.250 e. The first-order valence-electron chi connectivity index (χ1n) is 10.6. The monoisotopic (exact) mass is 473 g/mol. The third-order valence-electron chi connectivity index (χ3n) is 5.44. The van der Waals surface area contributed by atoms with Crippen molar-refractivity contribution in [3.05, 3.63) is 28.2 Å². The van der Waals surface area contributed by atoms with Crippen LogP contribution in [-0.4, -0.2) is 54.5 Å². The van der Waals surface area contributed by atoms with Gasteiger partial charge in [0.2, 0.25) is 17.8 Å². The van der Waals surface area contributed by atoms with Crippen molar-refractivity contribution in [2.75, 3.05) is 48.5 Å². The number of ether oxygens (including phenoxy) is 1. The number of rotatable bonds is 6. The van der Waals surface area contributed by atoms with Gasteiger partial charge in [0.05, 0.1) is 17.8 Å². The highest BCUT2D eigenvalue weighted by Gasteiger charge is 2.20. The summed E-state index contributed by atoms with van der Waals surface area (Å²) in [5.74, 6) is 2.76. The van der Waals surface area contributed by atoms with E-state index >= 15 is 0 Å². The first-order valence-corrected chi connectivity index (χ1v) is 11.4. The predicted molar refractivity (Wildman–Crippen MR) is 124 cm³/mol. The van der Waals surface area contributed by atoms with Crippen LogP contribution in [-0.2, 0) is 0 Å². The average Bonchev–Trinajstić information content (AvgIpc) is 2.80. The zero-order chi connectivity index (χ0) is 20.8. The molecule has 30 heavy (non-hydrogen) atoms. The molecule has 2 aliphatic rings. The Kier molecular flexibility index (Phi) is 6.99. The molecule has 8 nitrogen and oxygen atoms in total. The number of piperidine rings is 2. The summed E-state index contributed by atoms with van der Waals surface area (Å²) in [7, 11) is 1.65. The van der Waals surface area contributed by atoms with E-state index in [1.165, 1.54) is 38.5 Å². The van der Waals surface area contributed by atoms with Crippen LogP contribution in [0.5, 0.6) is 5.75 Å². The summed E-state index contributed by atoms with van der Waals surface area (Å²) in [5, 5.41) is 4.35. The molecule has 2 aliphatic heterocycles. The molecule has 3 heterocycles. The van der Waals surface area contributed by atoms with E-state index in [9.17, 15) is 0 Å². The van der Waals surface area contributed by atoms with E-state index in [0.717, 1.165) is 53.9 Å². The Morgan fingerprint density at radius 1 is 0.933 bits per heavy atom. The maximum absolute atomic E-state index is 5.27. The molecule has 1 aromatic carbocycles. The maximum Gasteiger partial charge on any atom is 0.250 e. The number of hydrogen-bond donors (Lipinski definition) is 1. The molecule has 2 saturated heterocycles. The SMILES string of the molecule is COc1ccc(/C=N\Nc2nc(N3CCCCC3)nc(N3CCCCC3)n2)cc1Br. The summed E-state index contributed by atoms with van der Waals surface area (Å²) >= 11 is 3.50. The highest BCUT2D eigenvalue weighted by Crippen LogP contribution is 2.25. The Hall–Kier alpha value is -2.42. The van der Waals surface area contributed by atoms with Gasteiger partial charge in [0.1, 0.15) is 5.75 Å². The van der Waals surface area contributed by atoms with Gasteiger partial charge in [-0.3, -0.25) is 0 Å². The van der Waals surface area contributed by atoms with E-state index in [-0.39, 0.29) is 0 Å². The van der Waals surface area contributed by atoms with Gasteiger partial charge in [-0.25, -0.2) is 5.43 Å². The van der Waals surface area contributed by atoms with Crippen molar-refractivity contribution in [3.63, 3.8) is 0 Å². The van der Waals surface area contributed by atoms with Gasteiger partial charge in [-0.2, -0.15) is 20.1 Å². The van der Waals surface area contributed by atoms with Crippen molar-refractivity contribution in [2.24, 2.45) is 5.10 Å². The minimum Gasteiger partial charge on any atom is -0.496 e. The molecule has 1 N–H and O–H groups in total. The van der Waals surface area contributed by atoms with E-state index in [0.29, 0.717) is 5.95 Å². The van der Waals surface area contributed by atoms with Gasteiger partial charge in [-0.05, 0) is 78.2 Å². The van der Waals surface area contributed by atoms with Crippen LogP contribution in [0.4, 0.5) is 17.8 Å². The van der Waals surface area contributed by atoms with Gasteiger partial charge in [-0.15, -0.1) is 0 Å². The molecular formula is C21H28BrN7O. The molecule has 0 radical (unpaired) electrons. The van der Waals surface area contributed by atoms with E-state index < -0.39 is 0 Å². The summed E-state index contributed by atoms with van der Waals surface area (Å²) in [4.78, 5) is 18.6. The number of hydrogen-bond acceptors (Lipinski definition) is 8. The van der Waals surface area contributed by atoms with Crippen LogP contribution in [0.2, 0.25) is 0 Å². The second kappa shape index (κ2) is 10.1. The van der Waals surface area contributed by atoms with Gasteiger partial charge in [0.25, 0.3) is 0 Å². The van der Waals surface area contributed by atoms with Gasteiger partial charge >= 0.3 is 0 Å². The largest absolute Gasteiger partial charge is 0.496 e. The lowest BCUT2D eigenvalue weighted by molar-refractivity contribution is 0.412. The van der Waals surface area contributed by atoms with E-state index in [2.05, 4.69) is 46.2 Å². The van der Waals surface area contributed by atoms with E-state index in [1.807, 2.05) is 18.2 Å². The topological polar surface area (TPSA) is 78.8 Å². The quantitative estimate of drug-likeness (QED) is 0.500. The second-order valence-electron chi connectivity index (χ2n) is 7.62. The molecule has 0 aliphatic carbocycles. The standard InChI is InChI=1S/C21H28BrN7O/c1-30-18-9-8-16(14-17(18)22)15-23-27-19-24-20(28-10-4-2-5-11-28)26-21(25-19)29-12-6-3-7-13-29/h8-9,14-15H,2-7,10-13H2,1H3,(H,24,25,26,27)/b23-15-. The van der Waals surface area contributed by atoms with Crippen molar-refractivity contribution in [3.8, 4) is 5.75 Å². The van der Waals surface area contributed by atoms with Crippen molar-refractivity contribution in [1.82, 2.24) is 15.0 Å². The number of hydrazone groups is 1. The Morgan fingerprint density at radius 2 is 1.53 bits per heavy atom. The zero-order valence-corrected chi connectivity index (χ0v) is 18.9. The normalized spacial score (nSPS) is 17.4. The minimum atomic E-state index is 0.481. The van der Waals surface area contributed by atoms with Crippen LogP contribution < -0.4 is 20.0 Å². The fourth-order valence-electron chi connectivity index (χ4n) is 3.80. The molecule has 0 saturated carbocycles. The number of aromatic nitrogens is 3. The highest BCUT2D eigenvalue weighted by molar-refractivity contribution is 9.10. The van der Waals surface area contributed by atoms with Crippen LogP contribution in [0.15, 0.2) is 27.8 Å². The maximum atomic E-state index is 5.27. The molecule has 1 aromatic heterocycles. The van der Waals surface area contributed by atoms with Crippen molar-refractivity contribution >= 4 is 40.0 Å². The van der Waals surface area contributed by atoms with Crippen LogP contribution in [0.25, 0.3) is 0 Å². The number of halogens is 1. The summed E-state index contributed by atoms with van der Waals surface area (Å²) in [6.45, 7) is 3.97. The second-order valence-corrected chi connectivity index (χ2v) is 8.47. The molecule has 0 amide bonds. The molecule has 4 rings (SSSR count). The van der Waals surface area contributed by atoms with Crippen LogP contribution in [0.3, 0.4) is 0 Å². The molecule has 2 aromatic rings. The zero-order valence-electron chi connectivity index (χ0n) is 17.3. The molecular weight excluding hydrogens is 446 g/mol. The van der Waals surface area contributed by atoms with Crippen LogP contribution in [0, 0.1) is 0 Å². The number of nitrogens with one attached hydrogen (secondary N) is 1. The summed E-state index contributed by atoms with van der Waals surface area (Å²) < 4.78 is 6.16. The lowest BCUT2D eigenvalue weighted by atomic mass is 10.1. The number of benzene rings is 1. The van der Waals surface area contributed by atoms with Crippen molar-refractivity contribution in [2.45, 2.75) is 38.5 Å². The molecule has 0 unspecified atom stereocenters. The lowest BCUT2D eigenvalue weighted by Gasteiger charge is -2.30. The predicted octanol–water partition coefficient (Wildman–Crippen LogP) is 4.07. The Balaban J connectivity index is 1.53. The molecule has 160 valence electrons. The van der Waals surface area contributed by atoms with Crippen LogP contribution in [0.1, 0.15) is 44.1 Å². The Bertz CT molecular complexity index is 843. The lowest BCUT2D eigenvalue weighted by Crippen LogP contribution is -2.34. The number of anilines is 3. The van der Waals surface area contributed by atoms with Crippen molar-refractivity contribution in [1.29, 1.82) is 0 Å². The van der Waals surface area contributed by atoms with E-state index in [1.54, 1.807) is 13.3 Å². The van der Waals surface area contributed by atoms with E-state index in [4.69, 9.17) is 9.72 Å². The Morgan fingerprint density at radius 3 is 2.07 bits per heavy atom. The average molecular weight is 474 g/mol. The molecule has 9 heteroatoms. The fraction of sp³-hybridized carbons (Fsp3) is 0.524. The fourth-order valence-corrected chi connectivity index (χ4v) is 4.36. The summed E-state index contributed by atoms with van der Waals surface area (Å²) in [5.41, 5.74) is 3.95. The summed E-state index contributed by atoms with van der Waals surface area (Å²) in [6, 6.07) is 5.80. The van der Waals surface area contributed by atoms with Gasteiger partial charge < -0.3 is 14.5 Å². The highest BCUT2D eigenvalue weighted by atomic mass is 79.9. The first-order chi connectivity index (χ1) is 14.7. The van der Waals surface area contributed by atoms with Gasteiger partial charge in [0, 0.05) is 26.2 Å². The molecule has 0 atom stereocenters. The Labute approximate surface area is 185 Å². The van der Waals surface area contributed by atoms with Gasteiger partial charge in [0.15, 0.2) is 0 Å². The number of nitrogens with zero attached hydrogens (tertiary/aromatic N) is 6. The third kappa shape index (κ3) is 5.19.